The number of aliphatic hydroxyl groups excluding tert-OH is 1. The van der Waals surface area contributed by atoms with E-state index in [0.717, 1.165) is 18.4 Å². The Hall–Kier alpha value is -2.50. The highest BCUT2D eigenvalue weighted by Gasteiger charge is 2.48. The monoisotopic (exact) mass is 519 g/mol. The highest BCUT2D eigenvalue weighted by molar-refractivity contribution is 6.31. The van der Waals surface area contributed by atoms with Crippen LogP contribution in [0.25, 0.3) is 11.2 Å². The minimum Gasteiger partial charge on any atom is -0.491 e. The third-order valence-corrected chi connectivity index (χ3v) is 7.40. The quantitative estimate of drug-likeness (QED) is 0.437. The number of hydrogen-bond acceptors (Lipinski definition) is 8. The summed E-state index contributed by atoms with van der Waals surface area (Å²) in [5.74, 6) is 0.206. The van der Waals surface area contributed by atoms with Gasteiger partial charge >= 0.3 is 0 Å². The molecule has 0 amide bonds. The van der Waals surface area contributed by atoms with Crippen LogP contribution in [0.5, 0.6) is 11.8 Å². The van der Waals surface area contributed by atoms with Crippen LogP contribution in [0.3, 0.4) is 0 Å². The standard InChI is InChI=1S/C25H27ClFN3O6/c1-32-4-5-33-14-6-12-2-3-13(21(12)16(27)8-14)7-17-15(26)9-18-24(28-17)30-25(29-18)36-20-11-35-22-19(31)10-34-23(20)22/h6,8-9,13,19-20,22-23,31H,2-5,7,10-11H2,1H3,(H,28,29,30)/t13-,19+,20+,22+,23+/m0/s1. The average Bonchev–Trinajstić information content (AvgIpc) is 3.61. The molecule has 3 aliphatic rings. The van der Waals surface area contributed by atoms with Crippen LogP contribution in [0.4, 0.5) is 4.39 Å². The smallest absolute Gasteiger partial charge is 0.296 e. The van der Waals surface area contributed by atoms with Gasteiger partial charge in [-0.05, 0) is 48.4 Å². The highest BCUT2D eigenvalue weighted by Crippen LogP contribution is 2.40. The van der Waals surface area contributed by atoms with Gasteiger partial charge in [-0.2, -0.15) is 4.98 Å². The highest BCUT2D eigenvalue weighted by atomic mass is 35.5. The number of imidazole rings is 1. The van der Waals surface area contributed by atoms with E-state index in [0.29, 0.717) is 59.4 Å². The minimum absolute atomic E-state index is 0.0383. The predicted octanol–water partition coefficient (Wildman–Crippen LogP) is 2.95. The Morgan fingerprint density at radius 2 is 2.03 bits per heavy atom. The largest absolute Gasteiger partial charge is 0.491 e. The normalized spacial score (nSPS) is 26.9. The van der Waals surface area contributed by atoms with E-state index in [2.05, 4.69) is 15.0 Å². The summed E-state index contributed by atoms with van der Waals surface area (Å²) in [4.78, 5) is 12.2. The molecule has 0 saturated carbocycles. The van der Waals surface area contributed by atoms with E-state index in [1.165, 1.54) is 6.07 Å². The van der Waals surface area contributed by atoms with Crippen LogP contribution in [0, 0.1) is 5.82 Å². The number of aliphatic hydroxyl groups is 1. The molecule has 2 aliphatic heterocycles. The number of rotatable bonds is 8. The van der Waals surface area contributed by atoms with Gasteiger partial charge in [-0.1, -0.05) is 11.6 Å². The van der Waals surface area contributed by atoms with Crippen LogP contribution < -0.4 is 9.47 Å². The van der Waals surface area contributed by atoms with E-state index in [9.17, 15) is 5.11 Å². The molecule has 4 heterocycles. The molecule has 192 valence electrons. The van der Waals surface area contributed by atoms with E-state index in [-0.39, 0.29) is 42.7 Å². The first-order valence-electron chi connectivity index (χ1n) is 12.1. The lowest BCUT2D eigenvalue weighted by Gasteiger charge is -2.15. The van der Waals surface area contributed by atoms with E-state index in [1.807, 2.05) is 6.07 Å². The number of ether oxygens (including phenoxy) is 5. The van der Waals surface area contributed by atoms with Gasteiger partial charge in [0.2, 0.25) is 0 Å². The van der Waals surface area contributed by atoms with Crippen LogP contribution in [-0.4, -0.2) is 78.0 Å². The number of nitrogens with one attached hydrogen (secondary N) is 1. The third kappa shape index (κ3) is 4.41. The average molecular weight is 520 g/mol. The zero-order valence-corrected chi connectivity index (χ0v) is 20.5. The Kier molecular flexibility index (Phi) is 6.47. The number of fused-ring (bicyclic) bond motifs is 3. The van der Waals surface area contributed by atoms with Gasteiger partial charge in [0.1, 0.15) is 36.5 Å². The molecule has 0 radical (unpaired) electrons. The topological polar surface area (TPSA) is 108 Å². The summed E-state index contributed by atoms with van der Waals surface area (Å²) in [7, 11) is 1.60. The Balaban J connectivity index is 1.18. The molecule has 0 spiro atoms. The summed E-state index contributed by atoms with van der Waals surface area (Å²) in [5.41, 5.74) is 3.42. The van der Waals surface area contributed by atoms with E-state index in [1.54, 1.807) is 13.2 Å². The van der Waals surface area contributed by atoms with Gasteiger partial charge in [-0.15, -0.1) is 0 Å². The van der Waals surface area contributed by atoms with Crippen LogP contribution in [0.1, 0.15) is 29.2 Å². The summed E-state index contributed by atoms with van der Waals surface area (Å²) in [6, 6.07) is 5.39. The molecule has 3 aromatic rings. The van der Waals surface area contributed by atoms with Crippen molar-refractivity contribution in [2.24, 2.45) is 0 Å². The SMILES string of the molecule is COCCOc1cc(F)c2c(c1)CC[C@H]2Cc1nc2nc(O[C@@H]3CO[C@H]4[C@@H]3OC[C@H]4O)[nH]c2cc1Cl. The number of aromatic nitrogens is 3. The van der Waals surface area contributed by atoms with Crippen molar-refractivity contribution in [1.82, 2.24) is 15.0 Å². The molecule has 11 heteroatoms. The van der Waals surface area contributed by atoms with Crippen molar-refractivity contribution < 1.29 is 33.2 Å². The van der Waals surface area contributed by atoms with Crippen LogP contribution in [0.15, 0.2) is 18.2 Å². The fourth-order valence-electron chi connectivity index (χ4n) is 5.37. The number of hydrogen-bond donors (Lipinski definition) is 2. The molecule has 1 aromatic carbocycles. The first-order valence-corrected chi connectivity index (χ1v) is 12.4. The molecule has 6 rings (SSSR count). The van der Waals surface area contributed by atoms with Crippen molar-refractivity contribution in [3.05, 3.63) is 45.9 Å². The van der Waals surface area contributed by atoms with Crippen LogP contribution in [-0.2, 0) is 27.1 Å². The summed E-state index contributed by atoms with van der Waals surface area (Å²) < 4.78 is 42.8. The number of pyridine rings is 1. The van der Waals surface area contributed by atoms with Crippen LogP contribution >= 0.6 is 11.6 Å². The van der Waals surface area contributed by atoms with Crippen molar-refractivity contribution in [2.45, 2.75) is 49.6 Å². The maximum absolute atomic E-state index is 15.0. The maximum Gasteiger partial charge on any atom is 0.296 e. The minimum atomic E-state index is -0.650. The summed E-state index contributed by atoms with van der Waals surface area (Å²) in [5, 5.41) is 10.4. The summed E-state index contributed by atoms with van der Waals surface area (Å²) >= 11 is 6.57. The van der Waals surface area contributed by atoms with Crippen molar-refractivity contribution in [2.75, 3.05) is 33.5 Å². The van der Waals surface area contributed by atoms with Crippen molar-refractivity contribution in [1.29, 1.82) is 0 Å². The van der Waals surface area contributed by atoms with Gasteiger partial charge in [0.05, 0.1) is 36.1 Å². The second kappa shape index (κ2) is 9.75. The number of aryl methyl sites for hydroxylation is 1. The zero-order valence-electron chi connectivity index (χ0n) is 19.7. The number of halogens is 2. The Labute approximate surface area is 211 Å². The first-order chi connectivity index (χ1) is 17.5. The molecule has 0 bridgehead atoms. The maximum atomic E-state index is 15.0. The van der Waals surface area contributed by atoms with Crippen molar-refractivity contribution >= 4 is 22.8 Å². The summed E-state index contributed by atoms with van der Waals surface area (Å²) in [6.07, 6.45) is 0.296. The molecule has 5 atom stereocenters. The van der Waals surface area contributed by atoms with Gasteiger partial charge in [-0.25, -0.2) is 9.37 Å². The third-order valence-electron chi connectivity index (χ3n) is 7.08. The van der Waals surface area contributed by atoms with E-state index >= 15 is 4.39 Å². The molecular weight excluding hydrogens is 493 g/mol. The fourth-order valence-corrected chi connectivity index (χ4v) is 5.60. The lowest BCUT2D eigenvalue weighted by atomic mass is 9.95. The second-order valence-corrected chi connectivity index (χ2v) is 9.82. The number of benzene rings is 1. The molecule has 2 saturated heterocycles. The number of nitrogens with zero attached hydrogens (tertiary/aromatic N) is 2. The molecule has 2 N–H and O–H groups in total. The molecule has 0 unspecified atom stereocenters. The van der Waals surface area contributed by atoms with Gasteiger partial charge < -0.3 is 33.8 Å². The molecule has 9 nitrogen and oxygen atoms in total. The molecular formula is C25H27ClFN3O6. The molecule has 1 aliphatic carbocycles. The Morgan fingerprint density at radius 3 is 2.89 bits per heavy atom. The lowest BCUT2D eigenvalue weighted by Crippen LogP contribution is -2.34. The van der Waals surface area contributed by atoms with Gasteiger partial charge in [0.15, 0.2) is 11.8 Å². The van der Waals surface area contributed by atoms with Gasteiger partial charge in [-0.3, -0.25) is 0 Å². The fraction of sp³-hybridized carbons (Fsp3) is 0.520. The molecule has 2 fully saturated rings. The van der Waals surface area contributed by atoms with E-state index in [4.69, 9.17) is 35.3 Å². The Morgan fingerprint density at radius 1 is 1.17 bits per heavy atom. The molecule has 2 aromatic heterocycles. The van der Waals surface area contributed by atoms with Crippen LogP contribution in [0.2, 0.25) is 5.02 Å². The Bertz CT molecular complexity index is 1270. The number of aromatic amines is 1. The predicted molar refractivity (Wildman–Crippen MR) is 127 cm³/mol. The lowest BCUT2D eigenvalue weighted by molar-refractivity contribution is 0.00706. The van der Waals surface area contributed by atoms with Gasteiger partial charge in [0.25, 0.3) is 6.01 Å². The summed E-state index contributed by atoms with van der Waals surface area (Å²) in [6.45, 7) is 1.34. The molecule has 36 heavy (non-hydrogen) atoms. The second-order valence-electron chi connectivity index (χ2n) is 9.41. The zero-order chi connectivity index (χ0) is 24.8. The van der Waals surface area contributed by atoms with E-state index < -0.39 is 6.10 Å². The first kappa shape index (κ1) is 23.9. The van der Waals surface area contributed by atoms with Crippen molar-refractivity contribution in [3.63, 3.8) is 0 Å². The number of methoxy groups -OCH3 is 1. The van der Waals surface area contributed by atoms with Gasteiger partial charge in [0, 0.05) is 13.2 Å². The van der Waals surface area contributed by atoms with Crippen molar-refractivity contribution in [3.8, 4) is 11.8 Å². The number of H-pyrrole nitrogens is 1.